The highest BCUT2D eigenvalue weighted by molar-refractivity contribution is 9.10. The van der Waals surface area contributed by atoms with Crippen molar-refractivity contribution in [3.63, 3.8) is 0 Å². The molecule has 7 heteroatoms. The third-order valence-corrected chi connectivity index (χ3v) is 7.96. The Morgan fingerprint density at radius 3 is 2.75 bits per heavy atom. The van der Waals surface area contributed by atoms with Crippen molar-refractivity contribution in [2.75, 3.05) is 14.1 Å². The standard InChI is InChI=1S/C25H35BrN6/c1-32(2)24-20-5-3-4-6-23(20)30-25(27,31-24)17-7-10-19(11-8-17)28-14-16-15-29-22-12-9-18(26)13-21(16)22/h9,12-13,15,17,19,28-30H,3-8,10-11,14,27H2,1-2H3. The molecular formula is C25H35BrN6. The van der Waals surface area contributed by atoms with Crippen LogP contribution < -0.4 is 16.4 Å². The molecule has 2 heterocycles. The van der Waals surface area contributed by atoms with Crippen LogP contribution in [0.15, 0.2) is 45.1 Å². The minimum Gasteiger partial charge on any atom is -0.363 e. The molecule has 0 bridgehead atoms. The van der Waals surface area contributed by atoms with Crippen molar-refractivity contribution in [3.8, 4) is 0 Å². The SMILES string of the molecule is CN(C)C1=NC(N)(C2CCC(NCc3c[nH]c4ccc(Br)cc34)CC2)NC2=C1CCCC2. The van der Waals surface area contributed by atoms with Gasteiger partial charge in [-0.05, 0) is 75.1 Å². The summed E-state index contributed by atoms with van der Waals surface area (Å²) in [4.78, 5) is 10.6. The number of nitrogens with one attached hydrogen (secondary N) is 3. The zero-order valence-corrected chi connectivity index (χ0v) is 20.8. The fourth-order valence-electron chi connectivity index (χ4n) is 5.65. The lowest BCUT2D eigenvalue weighted by Gasteiger charge is -2.45. The van der Waals surface area contributed by atoms with Crippen LogP contribution >= 0.6 is 15.9 Å². The molecule has 0 spiro atoms. The van der Waals surface area contributed by atoms with E-state index >= 15 is 0 Å². The van der Waals surface area contributed by atoms with E-state index in [9.17, 15) is 0 Å². The number of aromatic nitrogens is 1. The maximum atomic E-state index is 6.95. The molecular weight excluding hydrogens is 464 g/mol. The van der Waals surface area contributed by atoms with Crippen LogP contribution in [-0.4, -0.2) is 41.6 Å². The molecule has 1 saturated carbocycles. The molecule has 1 atom stereocenters. The van der Waals surface area contributed by atoms with Gasteiger partial charge in [0.25, 0.3) is 0 Å². The first-order valence-electron chi connectivity index (χ1n) is 12.0. The first-order chi connectivity index (χ1) is 15.4. The van der Waals surface area contributed by atoms with Crippen LogP contribution in [-0.2, 0) is 6.54 Å². The van der Waals surface area contributed by atoms with Crippen molar-refractivity contribution in [2.24, 2.45) is 16.6 Å². The van der Waals surface area contributed by atoms with Gasteiger partial charge >= 0.3 is 0 Å². The predicted octanol–water partition coefficient (Wildman–Crippen LogP) is 4.58. The number of nitrogens with zero attached hydrogens (tertiary/aromatic N) is 2. The minimum atomic E-state index is -0.677. The molecule has 1 unspecified atom stereocenters. The molecule has 5 rings (SSSR count). The summed E-state index contributed by atoms with van der Waals surface area (Å²) >= 11 is 3.59. The maximum absolute atomic E-state index is 6.95. The average molecular weight is 500 g/mol. The number of fused-ring (bicyclic) bond motifs is 1. The number of H-pyrrole nitrogens is 1. The zero-order valence-electron chi connectivity index (χ0n) is 19.2. The summed E-state index contributed by atoms with van der Waals surface area (Å²) in [7, 11) is 4.18. The van der Waals surface area contributed by atoms with E-state index in [0.29, 0.717) is 12.0 Å². The van der Waals surface area contributed by atoms with Gasteiger partial charge in [0, 0.05) is 65.4 Å². The Hall–Kier alpha value is -1.83. The summed E-state index contributed by atoms with van der Waals surface area (Å²) in [5.74, 6) is 0.770. The molecule has 32 heavy (non-hydrogen) atoms. The molecule has 0 amide bonds. The quantitative estimate of drug-likeness (QED) is 0.497. The highest BCUT2D eigenvalue weighted by atomic mass is 79.9. The number of rotatable bonds is 4. The van der Waals surface area contributed by atoms with Gasteiger partial charge in [-0.15, -0.1) is 0 Å². The van der Waals surface area contributed by atoms with Crippen LogP contribution in [0, 0.1) is 5.92 Å². The second-order valence-electron chi connectivity index (χ2n) is 9.88. The number of likely N-dealkylation sites (N-methyl/N-ethyl adjacent to an activating group) is 1. The van der Waals surface area contributed by atoms with Crippen LogP contribution in [0.4, 0.5) is 0 Å². The van der Waals surface area contributed by atoms with Gasteiger partial charge in [0.15, 0.2) is 5.79 Å². The van der Waals surface area contributed by atoms with Gasteiger partial charge in [0.05, 0.1) is 0 Å². The van der Waals surface area contributed by atoms with Crippen molar-refractivity contribution >= 4 is 32.7 Å². The van der Waals surface area contributed by atoms with Crippen LogP contribution in [0.3, 0.4) is 0 Å². The summed E-state index contributed by atoms with van der Waals surface area (Å²) in [6.45, 7) is 0.886. The third kappa shape index (κ3) is 4.22. The number of halogens is 1. The Balaban J connectivity index is 1.22. The first-order valence-corrected chi connectivity index (χ1v) is 12.8. The Kier molecular flexibility index (Phi) is 6.07. The minimum absolute atomic E-state index is 0.357. The highest BCUT2D eigenvalue weighted by Gasteiger charge is 2.42. The summed E-state index contributed by atoms with van der Waals surface area (Å²) in [5, 5.41) is 8.78. The fourth-order valence-corrected chi connectivity index (χ4v) is 6.02. The van der Waals surface area contributed by atoms with E-state index < -0.39 is 5.79 Å². The molecule has 5 N–H and O–H groups in total. The lowest BCUT2D eigenvalue weighted by atomic mass is 9.80. The molecule has 0 saturated heterocycles. The summed E-state index contributed by atoms with van der Waals surface area (Å²) in [5.41, 5.74) is 12.2. The number of nitrogens with two attached hydrogens (primary N) is 1. The second-order valence-corrected chi connectivity index (χ2v) is 10.8. The van der Waals surface area contributed by atoms with Crippen LogP contribution in [0.2, 0.25) is 0 Å². The number of allylic oxidation sites excluding steroid dienone is 1. The Morgan fingerprint density at radius 2 is 1.97 bits per heavy atom. The summed E-state index contributed by atoms with van der Waals surface area (Å²) in [6.07, 6.45) is 11.3. The topological polar surface area (TPSA) is 81.5 Å². The van der Waals surface area contributed by atoms with Gasteiger partial charge in [0.2, 0.25) is 0 Å². The van der Waals surface area contributed by atoms with E-state index in [-0.39, 0.29) is 0 Å². The maximum Gasteiger partial charge on any atom is 0.187 e. The van der Waals surface area contributed by atoms with Crippen molar-refractivity contribution in [2.45, 2.75) is 69.7 Å². The molecule has 2 aliphatic carbocycles. The predicted molar refractivity (Wildman–Crippen MR) is 135 cm³/mol. The van der Waals surface area contributed by atoms with E-state index in [2.05, 4.69) is 74.9 Å². The van der Waals surface area contributed by atoms with Crippen LogP contribution in [0.25, 0.3) is 10.9 Å². The van der Waals surface area contributed by atoms with Crippen LogP contribution in [0.1, 0.15) is 56.9 Å². The molecule has 1 aromatic heterocycles. The molecule has 0 radical (unpaired) electrons. The Labute approximate surface area is 199 Å². The summed E-state index contributed by atoms with van der Waals surface area (Å²) < 4.78 is 1.12. The molecule has 172 valence electrons. The smallest absolute Gasteiger partial charge is 0.187 e. The van der Waals surface area contributed by atoms with E-state index in [1.807, 2.05) is 0 Å². The second kappa shape index (κ2) is 8.84. The highest BCUT2D eigenvalue weighted by Crippen LogP contribution is 2.37. The largest absolute Gasteiger partial charge is 0.363 e. The molecule has 3 aliphatic rings. The normalized spacial score (nSPS) is 28.3. The monoisotopic (exact) mass is 498 g/mol. The van der Waals surface area contributed by atoms with Gasteiger partial charge in [-0.3, -0.25) is 5.73 Å². The first kappa shape index (κ1) is 22.0. The number of benzene rings is 1. The van der Waals surface area contributed by atoms with E-state index in [1.54, 1.807) is 0 Å². The zero-order chi connectivity index (χ0) is 22.3. The fraction of sp³-hybridized carbons (Fsp3) is 0.560. The van der Waals surface area contributed by atoms with Crippen molar-refractivity contribution < 1.29 is 0 Å². The van der Waals surface area contributed by atoms with E-state index in [4.69, 9.17) is 10.7 Å². The average Bonchev–Trinajstić information content (AvgIpc) is 3.19. The van der Waals surface area contributed by atoms with E-state index in [0.717, 1.165) is 55.4 Å². The van der Waals surface area contributed by atoms with Gasteiger partial charge in [0.1, 0.15) is 5.84 Å². The molecule has 1 aliphatic heterocycles. The van der Waals surface area contributed by atoms with Crippen molar-refractivity contribution in [1.29, 1.82) is 0 Å². The lowest BCUT2D eigenvalue weighted by Crippen LogP contribution is -2.61. The van der Waals surface area contributed by atoms with Gasteiger partial charge in [-0.25, -0.2) is 4.99 Å². The number of hydrogen-bond donors (Lipinski definition) is 4. The van der Waals surface area contributed by atoms with Crippen molar-refractivity contribution in [1.82, 2.24) is 20.5 Å². The number of aliphatic imine (C=N–C) groups is 1. The number of hydrogen-bond acceptors (Lipinski definition) is 5. The Bertz CT molecular complexity index is 1050. The molecule has 6 nitrogen and oxygen atoms in total. The van der Waals surface area contributed by atoms with Crippen molar-refractivity contribution in [3.05, 3.63) is 45.7 Å². The molecule has 2 aromatic rings. The third-order valence-electron chi connectivity index (χ3n) is 7.46. The summed E-state index contributed by atoms with van der Waals surface area (Å²) in [6, 6.07) is 6.93. The van der Waals surface area contributed by atoms with E-state index in [1.165, 1.54) is 40.6 Å². The molecule has 1 aromatic carbocycles. The van der Waals surface area contributed by atoms with Crippen LogP contribution in [0.5, 0.6) is 0 Å². The lowest BCUT2D eigenvalue weighted by molar-refractivity contribution is 0.160. The number of amidine groups is 1. The molecule has 1 fully saturated rings. The van der Waals surface area contributed by atoms with Gasteiger partial charge in [-0.2, -0.15) is 0 Å². The van der Waals surface area contributed by atoms with Gasteiger partial charge < -0.3 is 20.5 Å². The van der Waals surface area contributed by atoms with Gasteiger partial charge in [-0.1, -0.05) is 15.9 Å². The Morgan fingerprint density at radius 1 is 1.19 bits per heavy atom. The number of aromatic amines is 1.